The first-order chi connectivity index (χ1) is 8.10. The Morgan fingerprint density at radius 1 is 1.29 bits per heavy atom. The van der Waals surface area contributed by atoms with Crippen LogP contribution in [0.25, 0.3) is 0 Å². The highest BCUT2D eigenvalue weighted by atomic mass is 16.5. The van der Waals surface area contributed by atoms with E-state index in [0.717, 1.165) is 17.7 Å². The van der Waals surface area contributed by atoms with E-state index in [1.54, 1.807) is 0 Å². The van der Waals surface area contributed by atoms with Gasteiger partial charge in [0.05, 0.1) is 6.61 Å². The van der Waals surface area contributed by atoms with E-state index in [2.05, 4.69) is 32.9 Å². The fourth-order valence-electron chi connectivity index (χ4n) is 1.69. The Labute approximate surface area is 104 Å². The molecule has 0 heterocycles. The maximum absolute atomic E-state index is 6.03. The minimum Gasteiger partial charge on any atom is -0.493 e. The summed E-state index contributed by atoms with van der Waals surface area (Å²) in [5.41, 5.74) is 14.0. The molecule has 0 radical (unpaired) electrons. The molecule has 1 unspecified atom stereocenters. The molecule has 0 saturated heterocycles. The second kappa shape index (κ2) is 6.62. The number of nitrogens with two attached hydrogens (primary N) is 2. The van der Waals surface area contributed by atoms with Gasteiger partial charge in [-0.3, -0.25) is 0 Å². The average molecular weight is 236 g/mol. The smallest absolute Gasteiger partial charge is 0.124 e. The molecule has 0 aromatic heterocycles. The van der Waals surface area contributed by atoms with Crippen LogP contribution in [0.2, 0.25) is 0 Å². The minimum absolute atomic E-state index is 0.152. The Morgan fingerprint density at radius 3 is 2.53 bits per heavy atom. The molecular weight excluding hydrogens is 212 g/mol. The molecular formula is C14H24N2O. The van der Waals surface area contributed by atoms with Crippen LogP contribution in [0.3, 0.4) is 0 Å². The van der Waals surface area contributed by atoms with Crippen molar-refractivity contribution in [2.75, 3.05) is 13.2 Å². The van der Waals surface area contributed by atoms with Crippen LogP contribution in [0.5, 0.6) is 5.75 Å². The quantitative estimate of drug-likeness (QED) is 0.798. The molecule has 17 heavy (non-hydrogen) atoms. The lowest BCUT2D eigenvalue weighted by molar-refractivity contribution is 0.312. The molecule has 1 aromatic rings. The van der Waals surface area contributed by atoms with Crippen molar-refractivity contribution in [3.63, 3.8) is 0 Å². The van der Waals surface area contributed by atoms with Gasteiger partial charge in [-0.1, -0.05) is 32.9 Å². The molecule has 0 aliphatic heterocycles. The van der Waals surface area contributed by atoms with Crippen LogP contribution in [0.15, 0.2) is 18.2 Å². The van der Waals surface area contributed by atoms with Crippen molar-refractivity contribution in [2.24, 2.45) is 11.5 Å². The Hall–Kier alpha value is -1.06. The zero-order valence-electron chi connectivity index (χ0n) is 11.1. The third-order valence-electron chi connectivity index (χ3n) is 2.82. The summed E-state index contributed by atoms with van der Waals surface area (Å²) in [6.07, 6.45) is 0.989. The third kappa shape index (κ3) is 3.72. The third-order valence-corrected chi connectivity index (χ3v) is 2.82. The average Bonchev–Trinajstić information content (AvgIpc) is 2.35. The first-order valence-electron chi connectivity index (χ1n) is 6.32. The van der Waals surface area contributed by atoms with Crippen LogP contribution in [0.1, 0.15) is 50.3 Å². The molecule has 1 atom stereocenters. The van der Waals surface area contributed by atoms with Crippen LogP contribution in [0.4, 0.5) is 0 Å². The highest BCUT2D eigenvalue weighted by Crippen LogP contribution is 2.28. The topological polar surface area (TPSA) is 61.3 Å². The SMILES string of the molecule is CCCOc1ccc(C(C)C)cc1C(N)CN. The lowest BCUT2D eigenvalue weighted by atomic mass is 9.97. The Balaban J connectivity index is 3.03. The first-order valence-corrected chi connectivity index (χ1v) is 6.32. The van der Waals surface area contributed by atoms with Gasteiger partial charge in [-0.05, 0) is 24.0 Å². The van der Waals surface area contributed by atoms with Crippen molar-refractivity contribution in [2.45, 2.75) is 39.2 Å². The summed E-state index contributed by atoms with van der Waals surface area (Å²) in [6, 6.07) is 6.08. The number of benzene rings is 1. The highest BCUT2D eigenvalue weighted by Gasteiger charge is 2.13. The zero-order chi connectivity index (χ0) is 12.8. The van der Waals surface area contributed by atoms with Gasteiger partial charge in [-0.25, -0.2) is 0 Å². The molecule has 0 fully saturated rings. The van der Waals surface area contributed by atoms with E-state index in [9.17, 15) is 0 Å². The number of hydrogen-bond acceptors (Lipinski definition) is 3. The zero-order valence-corrected chi connectivity index (χ0v) is 11.1. The van der Waals surface area contributed by atoms with Crippen LogP contribution < -0.4 is 16.2 Å². The summed E-state index contributed by atoms with van der Waals surface area (Å²) < 4.78 is 5.71. The lowest BCUT2D eigenvalue weighted by Gasteiger charge is -2.18. The molecule has 0 aliphatic carbocycles. The van der Waals surface area contributed by atoms with Crippen LogP contribution in [-0.2, 0) is 0 Å². The standard InChI is InChI=1S/C14H24N2O/c1-4-7-17-14-6-5-11(10(2)3)8-12(14)13(16)9-15/h5-6,8,10,13H,4,7,9,15-16H2,1-3H3. The van der Waals surface area contributed by atoms with Gasteiger partial charge in [-0.15, -0.1) is 0 Å². The fourth-order valence-corrected chi connectivity index (χ4v) is 1.69. The Morgan fingerprint density at radius 2 is 2.00 bits per heavy atom. The molecule has 0 spiro atoms. The van der Waals surface area contributed by atoms with E-state index >= 15 is 0 Å². The predicted octanol–water partition coefficient (Wildman–Crippen LogP) is 2.56. The molecule has 1 aromatic carbocycles. The molecule has 96 valence electrons. The number of ether oxygens (including phenoxy) is 1. The monoisotopic (exact) mass is 236 g/mol. The summed E-state index contributed by atoms with van der Waals surface area (Å²) in [5, 5.41) is 0. The van der Waals surface area contributed by atoms with E-state index in [-0.39, 0.29) is 6.04 Å². The van der Waals surface area contributed by atoms with Gasteiger partial charge in [0.2, 0.25) is 0 Å². The maximum Gasteiger partial charge on any atom is 0.124 e. The summed E-state index contributed by atoms with van der Waals surface area (Å²) in [5.74, 6) is 1.35. The summed E-state index contributed by atoms with van der Waals surface area (Å²) in [7, 11) is 0. The fraction of sp³-hybridized carbons (Fsp3) is 0.571. The van der Waals surface area contributed by atoms with Crippen molar-refractivity contribution in [3.05, 3.63) is 29.3 Å². The van der Waals surface area contributed by atoms with Gasteiger partial charge < -0.3 is 16.2 Å². The van der Waals surface area contributed by atoms with Crippen LogP contribution >= 0.6 is 0 Å². The maximum atomic E-state index is 6.03. The Bertz CT molecular complexity index is 350. The molecule has 0 saturated carbocycles. The second-order valence-corrected chi connectivity index (χ2v) is 4.64. The molecule has 3 nitrogen and oxygen atoms in total. The van der Waals surface area contributed by atoms with Gasteiger partial charge in [-0.2, -0.15) is 0 Å². The lowest BCUT2D eigenvalue weighted by Crippen LogP contribution is -2.22. The molecule has 1 rings (SSSR count). The van der Waals surface area contributed by atoms with Crippen LogP contribution in [0, 0.1) is 0 Å². The van der Waals surface area contributed by atoms with Gasteiger partial charge >= 0.3 is 0 Å². The number of rotatable bonds is 6. The van der Waals surface area contributed by atoms with Crippen molar-refractivity contribution < 1.29 is 4.74 Å². The Kier molecular flexibility index (Phi) is 5.45. The molecule has 0 bridgehead atoms. The van der Waals surface area contributed by atoms with Crippen molar-refractivity contribution in [1.82, 2.24) is 0 Å². The van der Waals surface area contributed by atoms with Crippen molar-refractivity contribution in [3.8, 4) is 5.75 Å². The van der Waals surface area contributed by atoms with Crippen LogP contribution in [-0.4, -0.2) is 13.2 Å². The van der Waals surface area contributed by atoms with E-state index in [1.807, 2.05) is 6.07 Å². The molecule has 3 heteroatoms. The van der Waals surface area contributed by atoms with E-state index in [4.69, 9.17) is 16.2 Å². The number of hydrogen-bond donors (Lipinski definition) is 2. The van der Waals surface area contributed by atoms with E-state index in [1.165, 1.54) is 5.56 Å². The summed E-state index contributed by atoms with van der Waals surface area (Å²) >= 11 is 0. The summed E-state index contributed by atoms with van der Waals surface area (Å²) in [4.78, 5) is 0. The molecule has 4 N–H and O–H groups in total. The minimum atomic E-state index is -0.152. The highest BCUT2D eigenvalue weighted by molar-refractivity contribution is 5.40. The van der Waals surface area contributed by atoms with Gasteiger partial charge in [0.1, 0.15) is 5.75 Å². The largest absolute Gasteiger partial charge is 0.493 e. The second-order valence-electron chi connectivity index (χ2n) is 4.64. The molecule has 0 aliphatic rings. The van der Waals surface area contributed by atoms with Gasteiger partial charge in [0.25, 0.3) is 0 Å². The van der Waals surface area contributed by atoms with Gasteiger partial charge in [0.15, 0.2) is 0 Å². The first kappa shape index (κ1) is 14.0. The summed E-state index contributed by atoms with van der Waals surface area (Å²) in [6.45, 7) is 7.57. The molecule has 0 amide bonds. The van der Waals surface area contributed by atoms with E-state index < -0.39 is 0 Å². The van der Waals surface area contributed by atoms with Crippen molar-refractivity contribution >= 4 is 0 Å². The van der Waals surface area contributed by atoms with E-state index in [0.29, 0.717) is 19.1 Å². The normalized spacial score (nSPS) is 12.8. The predicted molar refractivity (Wildman–Crippen MR) is 72.3 cm³/mol. The van der Waals surface area contributed by atoms with Crippen molar-refractivity contribution in [1.29, 1.82) is 0 Å². The van der Waals surface area contributed by atoms with Gasteiger partial charge in [0, 0.05) is 18.2 Å².